The van der Waals surface area contributed by atoms with Crippen LogP contribution in [0.3, 0.4) is 0 Å². The van der Waals surface area contributed by atoms with Gasteiger partial charge in [0.05, 0.1) is 22.4 Å². The molecule has 2 heterocycles. The molecule has 1 aromatic heterocycles. The zero-order valence-electron chi connectivity index (χ0n) is 13.5. The van der Waals surface area contributed by atoms with E-state index in [0.717, 1.165) is 4.90 Å². The topological polar surface area (TPSA) is 79.4 Å². The van der Waals surface area contributed by atoms with E-state index in [2.05, 4.69) is 10.3 Å². The van der Waals surface area contributed by atoms with Crippen molar-refractivity contribution in [1.29, 1.82) is 0 Å². The Bertz CT molecular complexity index is 996. The Kier molecular flexibility index (Phi) is 3.78. The molecule has 4 rings (SSSR count). The van der Waals surface area contributed by atoms with E-state index in [1.165, 1.54) is 0 Å². The molecule has 2 aromatic carbocycles. The van der Waals surface area contributed by atoms with Gasteiger partial charge in [-0.15, -0.1) is 0 Å². The minimum Gasteiger partial charge on any atom is -0.322 e. The van der Waals surface area contributed by atoms with Crippen molar-refractivity contribution in [1.82, 2.24) is 4.98 Å². The van der Waals surface area contributed by atoms with E-state index in [4.69, 9.17) is 0 Å². The summed E-state index contributed by atoms with van der Waals surface area (Å²) in [4.78, 5) is 43.1. The Hall–Kier alpha value is -3.80. The standard InChI is InChI=1S/C20H13N3O3/c24-18(22-13-9-11-21-12-10-13)16-7-3-4-8-17(16)23-19(25)14-5-1-2-6-15(14)20(23)26/h1-12H,(H,21,22,24). The van der Waals surface area contributed by atoms with Gasteiger partial charge in [-0.2, -0.15) is 0 Å². The lowest BCUT2D eigenvalue weighted by molar-refractivity contribution is 0.0926. The van der Waals surface area contributed by atoms with Crippen LogP contribution in [-0.2, 0) is 0 Å². The van der Waals surface area contributed by atoms with Crippen LogP contribution in [0, 0.1) is 0 Å². The SMILES string of the molecule is O=C(Nc1ccncc1)c1ccccc1N1C(=O)c2ccccc2C1=O. The maximum absolute atomic E-state index is 12.7. The Morgan fingerprint density at radius 3 is 2.04 bits per heavy atom. The van der Waals surface area contributed by atoms with E-state index in [9.17, 15) is 14.4 Å². The molecule has 1 N–H and O–H groups in total. The molecule has 0 unspecified atom stereocenters. The van der Waals surface area contributed by atoms with Crippen LogP contribution in [0.15, 0.2) is 73.1 Å². The highest BCUT2D eigenvalue weighted by molar-refractivity contribution is 6.35. The zero-order valence-corrected chi connectivity index (χ0v) is 13.5. The van der Waals surface area contributed by atoms with Crippen molar-refractivity contribution < 1.29 is 14.4 Å². The van der Waals surface area contributed by atoms with Gasteiger partial charge in [-0.3, -0.25) is 19.4 Å². The third kappa shape index (κ3) is 2.53. The first-order valence-electron chi connectivity index (χ1n) is 7.95. The predicted molar refractivity (Wildman–Crippen MR) is 96.2 cm³/mol. The molecule has 6 heteroatoms. The predicted octanol–water partition coefficient (Wildman–Crippen LogP) is 3.13. The Morgan fingerprint density at radius 2 is 1.38 bits per heavy atom. The fraction of sp³-hybridized carbons (Fsp3) is 0. The first-order valence-corrected chi connectivity index (χ1v) is 7.95. The summed E-state index contributed by atoms with van der Waals surface area (Å²) in [6.45, 7) is 0. The summed E-state index contributed by atoms with van der Waals surface area (Å²) in [5.41, 5.74) is 1.73. The number of amides is 3. The van der Waals surface area contributed by atoms with Gasteiger partial charge in [0, 0.05) is 18.1 Å². The number of para-hydroxylation sites is 1. The number of carbonyl (C=O) groups is 3. The van der Waals surface area contributed by atoms with Gasteiger partial charge in [-0.1, -0.05) is 24.3 Å². The smallest absolute Gasteiger partial charge is 0.266 e. The summed E-state index contributed by atoms with van der Waals surface area (Å²) >= 11 is 0. The number of hydrogen-bond donors (Lipinski definition) is 1. The minimum absolute atomic E-state index is 0.235. The molecule has 3 aromatic rings. The first kappa shape index (κ1) is 15.7. The molecule has 1 aliphatic heterocycles. The van der Waals surface area contributed by atoms with Gasteiger partial charge >= 0.3 is 0 Å². The lowest BCUT2D eigenvalue weighted by Crippen LogP contribution is -2.31. The average Bonchev–Trinajstić information content (AvgIpc) is 2.93. The first-order chi connectivity index (χ1) is 12.7. The van der Waals surface area contributed by atoms with Crippen molar-refractivity contribution in [2.24, 2.45) is 0 Å². The van der Waals surface area contributed by atoms with Crippen molar-refractivity contribution in [3.63, 3.8) is 0 Å². The van der Waals surface area contributed by atoms with E-state index >= 15 is 0 Å². The van der Waals surface area contributed by atoms with Gasteiger partial charge in [0.2, 0.25) is 0 Å². The fourth-order valence-electron chi connectivity index (χ4n) is 2.90. The van der Waals surface area contributed by atoms with Crippen molar-refractivity contribution in [3.05, 3.63) is 89.7 Å². The summed E-state index contributed by atoms with van der Waals surface area (Å²) in [5, 5.41) is 2.74. The van der Waals surface area contributed by atoms with Crippen LogP contribution in [0.1, 0.15) is 31.1 Å². The summed E-state index contributed by atoms with van der Waals surface area (Å²) in [6, 6.07) is 16.5. The number of fused-ring (bicyclic) bond motifs is 1. The van der Waals surface area contributed by atoms with Gasteiger partial charge in [0.15, 0.2) is 0 Å². The largest absolute Gasteiger partial charge is 0.322 e. The quantitative estimate of drug-likeness (QED) is 0.741. The number of rotatable bonds is 3. The van der Waals surface area contributed by atoms with Crippen LogP contribution >= 0.6 is 0 Å². The number of nitrogens with zero attached hydrogens (tertiary/aromatic N) is 2. The molecule has 0 spiro atoms. The van der Waals surface area contributed by atoms with E-state index in [0.29, 0.717) is 16.8 Å². The molecule has 3 amide bonds. The molecule has 1 aliphatic rings. The van der Waals surface area contributed by atoms with E-state index < -0.39 is 17.7 Å². The molecule has 0 bridgehead atoms. The third-order valence-electron chi connectivity index (χ3n) is 4.12. The maximum Gasteiger partial charge on any atom is 0.266 e. The van der Waals surface area contributed by atoms with Gasteiger partial charge in [0.1, 0.15) is 0 Å². The lowest BCUT2D eigenvalue weighted by Gasteiger charge is -2.17. The van der Waals surface area contributed by atoms with Crippen LogP contribution < -0.4 is 10.2 Å². The number of pyridine rings is 1. The summed E-state index contributed by atoms with van der Waals surface area (Å²) < 4.78 is 0. The van der Waals surface area contributed by atoms with E-state index in [1.807, 2.05) is 0 Å². The maximum atomic E-state index is 12.7. The summed E-state index contributed by atoms with van der Waals surface area (Å²) in [6.07, 6.45) is 3.12. The van der Waals surface area contributed by atoms with Crippen molar-refractivity contribution >= 4 is 29.1 Å². The van der Waals surface area contributed by atoms with Gasteiger partial charge in [-0.25, -0.2) is 4.90 Å². The average molecular weight is 343 g/mol. The number of aromatic nitrogens is 1. The fourth-order valence-corrected chi connectivity index (χ4v) is 2.90. The van der Waals surface area contributed by atoms with Gasteiger partial charge in [-0.05, 0) is 36.4 Å². The van der Waals surface area contributed by atoms with E-state index in [1.54, 1.807) is 73.1 Å². The van der Waals surface area contributed by atoms with Crippen molar-refractivity contribution in [2.45, 2.75) is 0 Å². The molecular weight excluding hydrogens is 330 g/mol. The molecule has 0 saturated heterocycles. The number of nitrogens with one attached hydrogen (secondary N) is 1. The molecule has 0 aliphatic carbocycles. The van der Waals surface area contributed by atoms with Crippen LogP contribution in [0.5, 0.6) is 0 Å². The van der Waals surface area contributed by atoms with Gasteiger partial charge < -0.3 is 5.32 Å². The number of carbonyl (C=O) groups excluding carboxylic acids is 3. The third-order valence-corrected chi connectivity index (χ3v) is 4.12. The second kappa shape index (κ2) is 6.25. The van der Waals surface area contributed by atoms with Gasteiger partial charge in [0.25, 0.3) is 17.7 Å². The Labute approximate surface area is 149 Å². The molecule has 126 valence electrons. The highest BCUT2D eigenvalue weighted by atomic mass is 16.2. The summed E-state index contributed by atoms with van der Waals surface area (Å²) in [7, 11) is 0. The molecule has 26 heavy (non-hydrogen) atoms. The summed E-state index contributed by atoms with van der Waals surface area (Å²) in [5.74, 6) is -1.28. The Balaban J connectivity index is 1.72. The minimum atomic E-state index is -0.435. The second-order valence-electron chi connectivity index (χ2n) is 5.70. The van der Waals surface area contributed by atoms with Crippen LogP contribution in [0.2, 0.25) is 0 Å². The van der Waals surface area contributed by atoms with E-state index in [-0.39, 0.29) is 11.3 Å². The number of benzene rings is 2. The molecule has 6 nitrogen and oxygen atoms in total. The number of anilines is 2. The van der Waals surface area contributed by atoms with Crippen LogP contribution in [0.4, 0.5) is 11.4 Å². The highest BCUT2D eigenvalue weighted by Crippen LogP contribution is 2.31. The molecule has 0 saturated carbocycles. The van der Waals surface area contributed by atoms with Crippen molar-refractivity contribution in [2.75, 3.05) is 10.2 Å². The number of imide groups is 1. The molecule has 0 fully saturated rings. The van der Waals surface area contributed by atoms with Crippen molar-refractivity contribution in [3.8, 4) is 0 Å². The highest BCUT2D eigenvalue weighted by Gasteiger charge is 2.37. The monoisotopic (exact) mass is 343 g/mol. The normalized spacial score (nSPS) is 12.8. The number of hydrogen-bond acceptors (Lipinski definition) is 4. The van der Waals surface area contributed by atoms with Crippen LogP contribution in [-0.4, -0.2) is 22.7 Å². The molecule has 0 atom stereocenters. The Morgan fingerprint density at radius 1 is 0.808 bits per heavy atom. The second-order valence-corrected chi connectivity index (χ2v) is 5.70. The molecular formula is C20H13N3O3. The lowest BCUT2D eigenvalue weighted by atomic mass is 10.1. The zero-order chi connectivity index (χ0) is 18.1. The van der Waals surface area contributed by atoms with Crippen LogP contribution in [0.25, 0.3) is 0 Å². The molecule has 0 radical (unpaired) electrons.